The fourth-order valence-corrected chi connectivity index (χ4v) is 2.65. The molecule has 2 aromatic rings. The van der Waals surface area contributed by atoms with Crippen molar-refractivity contribution in [3.63, 3.8) is 0 Å². The maximum atomic E-state index is 12.7. The highest BCUT2D eigenvalue weighted by Crippen LogP contribution is 2.33. The maximum absolute atomic E-state index is 12.7. The normalized spacial score (nSPS) is 10.3. The zero-order valence-electron chi connectivity index (χ0n) is 20.3. The topological polar surface area (TPSA) is 132 Å². The molecule has 0 aliphatic carbocycles. The van der Waals surface area contributed by atoms with Crippen LogP contribution in [0.15, 0.2) is 93.1 Å². The average Bonchev–Trinajstić information content (AvgIpc) is 2.89. The highest BCUT2D eigenvalue weighted by atomic mass is 16.6. The molecule has 0 saturated heterocycles. The number of carbonyl (C=O) groups excluding carboxylic acids is 5. The monoisotopic (exact) mass is 518 g/mol. The van der Waals surface area contributed by atoms with Crippen LogP contribution >= 0.6 is 0 Å². The summed E-state index contributed by atoms with van der Waals surface area (Å²) in [4.78, 5) is 59.1. The van der Waals surface area contributed by atoms with Gasteiger partial charge in [-0.3, -0.25) is 0 Å². The van der Waals surface area contributed by atoms with Crippen LogP contribution in [0.25, 0.3) is 5.57 Å². The summed E-state index contributed by atoms with van der Waals surface area (Å²) in [5.74, 6) is -4.36. The maximum Gasteiger partial charge on any atom is 0.336 e. The third-order valence-corrected chi connectivity index (χ3v) is 4.33. The molecular formula is C28H22O10. The molecular weight excluding hydrogens is 496 g/mol. The molecule has 10 heteroatoms. The lowest BCUT2D eigenvalue weighted by molar-refractivity contribution is -0.131. The minimum Gasteiger partial charge on any atom is -0.423 e. The first-order valence-electron chi connectivity index (χ1n) is 10.6. The van der Waals surface area contributed by atoms with Gasteiger partial charge in [-0.2, -0.15) is 0 Å². The number of ether oxygens (including phenoxy) is 5. The highest BCUT2D eigenvalue weighted by Gasteiger charge is 2.16. The van der Waals surface area contributed by atoms with Crippen LogP contribution < -0.4 is 23.7 Å². The predicted octanol–water partition coefficient (Wildman–Crippen LogP) is 4.06. The van der Waals surface area contributed by atoms with Gasteiger partial charge in [-0.15, -0.1) is 0 Å². The van der Waals surface area contributed by atoms with E-state index in [4.69, 9.17) is 23.7 Å². The molecule has 0 saturated carbocycles. The van der Waals surface area contributed by atoms with E-state index in [1.807, 2.05) is 0 Å². The van der Waals surface area contributed by atoms with Crippen LogP contribution in [0.4, 0.5) is 0 Å². The van der Waals surface area contributed by atoms with Gasteiger partial charge in [-0.1, -0.05) is 26.3 Å². The van der Waals surface area contributed by atoms with Gasteiger partial charge in [0.1, 0.15) is 17.2 Å². The van der Waals surface area contributed by atoms with Crippen LogP contribution in [-0.2, 0) is 24.0 Å². The Bertz CT molecular complexity index is 1320. The molecule has 0 fully saturated rings. The molecule has 194 valence electrons. The number of carbonyl (C=O) groups is 5. The molecule has 0 spiro atoms. The molecule has 0 bridgehead atoms. The number of hydrogen-bond donors (Lipinski definition) is 0. The molecule has 0 aliphatic rings. The van der Waals surface area contributed by atoms with Gasteiger partial charge >= 0.3 is 29.8 Å². The second-order valence-electron chi connectivity index (χ2n) is 7.05. The SMILES string of the molecule is C=CC(=O)Oc1cc(OC(=O)C=C)cc(/C(C)=C/C(=O)Oc2ccc(OC(=O)C=C)cc2OC(=O)C=C)c1. The standard InChI is InChI=1S/C28H22O10/c1-6-24(29)34-19-10-11-22(23(16-19)38-27(32)9-4)37-28(33)12-17(5)18-13-20(35-25(30)7-2)15-21(14-18)36-26(31)8-3/h6-16H,1-4H2,5H3/b17-12+. The Kier molecular flexibility index (Phi) is 10.2. The van der Waals surface area contributed by atoms with Gasteiger partial charge in [0.15, 0.2) is 11.5 Å². The first-order chi connectivity index (χ1) is 18.1. The first-order valence-corrected chi connectivity index (χ1v) is 10.6. The Labute approximate surface area is 217 Å². The Hall–Kier alpha value is -5.51. The summed E-state index contributed by atoms with van der Waals surface area (Å²) in [5, 5.41) is 0. The summed E-state index contributed by atoms with van der Waals surface area (Å²) in [6.45, 7) is 14.8. The van der Waals surface area contributed by atoms with Crippen LogP contribution in [-0.4, -0.2) is 29.8 Å². The van der Waals surface area contributed by atoms with Crippen molar-refractivity contribution < 1.29 is 47.7 Å². The van der Waals surface area contributed by atoms with E-state index in [-0.39, 0.29) is 28.7 Å². The third kappa shape index (κ3) is 8.61. The summed E-state index contributed by atoms with van der Waals surface area (Å²) in [5.41, 5.74) is 0.664. The van der Waals surface area contributed by atoms with Crippen LogP contribution in [0.1, 0.15) is 12.5 Å². The number of rotatable bonds is 11. The van der Waals surface area contributed by atoms with Crippen LogP contribution in [0.2, 0.25) is 0 Å². The highest BCUT2D eigenvalue weighted by molar-refractivity contribution is 5.93. The van der Waals surface area contributed by atoms with Crippen molar-refractivity contribution in [1.82, 2.24) is 0 Å². The molecule has 2 rings (SSSR count). The quantitative estimate of drug-likeness (QED) is 0.244. The summed E-state index contributed by atoms with van der Waals surface area (Å²) in [6, 6.07) is 7.86. The Morgan fingerprint density at radius 2 is 1.00 bits per heavy atom. The fraction of sp³-hybridized carbons (Fsp3) is 0.0357. The second-order valence-corrected chi connectivity index (χ2v) is 7.05. The van der Waals surface area contributed by atoms with Crippen LogP contribution in [0, 0.1) is 0 Å². The van der Waals surface area contributed by atoms with Crippen LogP contribution in [0.5, 0.6) is 28.7 Å². The van der Waals surface area contributed by atoms with Crippen molar-refractivity contribution >= 4 is 35.4 Å². The van der Waals surface area contributed by atoms with Gasteiger partial charge in [-0.05, 0) is 42.3 Å². The smallest absolute Gasteiger partial charge is 0.336 e. The summed E-state index contributed by atoms with van der Waals surface area (Å²) >= 11 is 0. The van der Waals surface area contributed by atoms with E-state index in [1.165, 1.54) is 36.4 Å². The molecule has 2 aromatic carbocycles. The molecule has 0 aromatic heterocycles. The first kappa shape index (κ1) is 28.7. The molecule has 0 aliphatic heterocycles. The molecule has 38 heavy (non-hydrogen) atoms. The summed E-state index contributed by atoms with van der Waals surface area (Å²) in [6.07, 6.45) is 4.82. The van der Waals surface area contributed by atoms with Gasteiger partial charge in [0.05, 0.1) is 0 Å². The van der Waals surface area contributed by atoms with Crippen LogP contribution in [0.3, 0.4) is 0 Å². The lowest BCUT2D eigenvalue weighted by Crippen LogP contribution is -2.10. The van der Waals surface area contributed by atoms with Gasteiger partial charge in [-0.25, -0.2) is 24.0 Å². The van der Waals surface area contributed by atoms with Gasteiger partial charge in [0, 0.05) is 42.5 Å². The van der Waals surface area contributed by atoms with Crippen molar-refractivity contribution in [3.8, 4) is 28.7 Å². The molecule has 0 unspecified atom stereocenters. The lowest BCUT2D eigenvalue weighted by atomic mass is 10.1. The number of hydrogen-bond acceptors (Lipinski definition) is 10. The minimum absolute atomic E-state index is 0.000714. The van der Waals surface area contributed by atoms with Crippen molar-refractivity contribution in [2.24, 2.45) is 0 Å². The predicted molar refractivity (Wildman–Crippen MR) is 135 cm³/mol. The van der Waals surface area contributed by atoms with Crippen molar-refractivity contribution in [2.45, 2.75) is 6.92 Å². The summed E-state index contributed by atoms with van der Waals surface area (Å²) < 4.78 is 25.6. The zero-order valence-corrected chi connectivity index (χ0v) is 20.3. The van der Waals surface area contributed by atoms with E-state index in [2.05, 4.69) is 26.3 Å². The average molecular weight is 518 g/mol. The lowest BCUT2D eigenvalue weighted by Gasteiger charge is -2.11. The Balaban J connectivity index is 2.38. The van der Waals surface area contributed by atoms with Crippen molar-refractivity contribution in [2.75, 3.05) is 0 Å². The number of benzene rings is 2. The molecule has 0 N–H and O–H groups in total. The number of esters is 5. The second kappa shape index (κ2) is 13.5. The van der Waals surface area contributed by atoms with E-state index in [0.717, 1.165) is 30.4 Å². The number of allylic oxidation sites excluding steroid dienone is 1. The van der Waals surface area contributed by atoms with Gasteiger partial charge in [0.2, 0.25) is 0 Å². The third-order valence-electron chi connectivity index (χ3n) is 4.33. The van der Waals surface area contributed by atoms with Gasteiger partial charge in [0.25, 0.3) is 0 Å². The largest absolute Gasteiger partial charge is 0.423 e. The van der Waals surface area contributed by atoms with E-state index in [1.54, 1.807) is 6.92 Å². The molecule has 0 atom stereocenters. The van der Waals surface area contributed by atoms with E-state index < -0.39 is 29.8 Å². The van der Waals surface area contributed by atoms with Gasteiger partial charge < -0.3 is 23.7 Å². The fourth-order valence-electron chi connectivity index (χ4n) is 2.65. The summed E-state index contributed by atoms with van der Waals surface area (Å²) in [7, 11) is 0. The van der Waals surface area contributed by atoms with Crippen molar-refractivity contribution in [3.05, 3.63) is 98.7 Å². The van der Waals surface area contributed by atoms with E-state index >= 15 is 0 Å². The minimum atomic E-state index is -0.882. The molecule has 0 amide bonds. The van der Waals surface area contributed by atoms with E-state index in [9.17, 15) is 24.0 Å². The molecule has 10 nitrogen and oxygen atoms in total. The van der Waals surface area contributed by atoms with Crippen molar-refractivity contribution in [1.29, 1.82) is 0 Å². The molecule has 0 radical (unpaired) electrons. The van der Waals surface area contributed by atoms with E-state index in [0.29, 0.717) is 11.1 Å². The Morgan fingerprint density at radius 3 is 1.50 bits per heavy atom. The molecule has 0 heterocycles. The zero-order chi connectivity index (χ0) is 28.2. The Morgan fingerprint density at radius 1 is 0.553 bits per heavy atom.